The summed E-state index contributed by atoms with van der Waals surface area (Å²) >= 11 is 1.51. The van der Waals surface area contributed by atoms with E-state index in [1.807, 2.05) is 19.2 Å². The molecule has 0 bridgehead atoms. The molecule has 0 radical (unpaired) electrons. The molecule has 0 amide bonds. The Labute approximate surface area is 139 Å². The highest BCUT2D eigenvalue weighted by molar-refractivity contribution is 7.17. The van der Waals surface area contributed by atoms with Crippen molar-refractivity contribution in [1.82, 2.24) is 9.55 Å². The van der Waals surface area contributed by atoms with Crippen LogP contribution in [0.15, 0.2) is 40.8 Å². The summed E-state index contributed by atoms with van der Waals surface area (Å²) in [6.07, 6.45) is 1.77. The molecule has 23 heavy (non-hydrogen) atoms. The molecule has 0 fully saturated rings. The van der Waals surface area contributed by atoms with Gasteiger partial charge in [0.15, 0.2) is 0 Å². The largest absolute Gasteiger partial charge is 0.377 e. The molecule has 1 aromatic carbocycles. The first kappa shape index (κ1) is 15.9. The van der Waals surface area contributed by atoms with E-state index in [-0.39, 0.29) is 11.7 Å². The minimum atomic E-state index is -0.000758. The van der Waals surface area contributed by atoms with Gasteiger partial charge in [0.2, 0.25) is 0 Å². The van der Waals surface area contributed by atoms with E-state index in [4.69, 9.17) is 4.74 Å². The molecule has 0 aliphatic heterocycles. The van der Waals surface area contributed by atoms with Gasteiger partial charge in [0.25, 0.3) is 5.56 Å². The van der Waals surface area contributed by atoms with E-state index in [1.54, 1.807) is 10.9 Å². The number of hydrogen-bond donors (Lipinski definition) is 0. The molecule has 0 aliphatic rings. The summed E-state index contributed by atoms with van der Waals surface area (Å²) in [4.78, 5) is 18.0. The number of fused-ring (bicyclic) bond motifs is 1. The highest BCUT2D eigenvalue weighted by atomic mass is 32.1. The van der Waals surface area contributed by atoms with Crippen LogP contribution in [-0.2, 0) is 11.3 Å². The zero-order valence-electron chi connectivity index (χ0n) is 13.6. The molecule has 0 aliphatic carbocycles. The Hall–Kier alpha value is -1.98. The normalized spacial score (nSPS) is 11.5. The third-order valence-electron chi connectivity index (χ3n) is 3.71. The molecule has 3 aromatic rings. The summed E-state index contributed by atoms with van der Waals surface area (Å²) in [6.45, 7) is 7.05. The fourth-order valence-electron chi connectivity index (χ4n) is 2.46. The number of benzene rings is 1. The van der Waals surface area contributed by atoms with Gasteiger partial charge in [-0.05, 0) is 26.3 Å². The molecule has 0 spiro atoms. The van der Waals surface area contributed by atoms with Gasteiger partial charge in [-0.1, -0.05) is 29.8 Å². The Kier molecular flexibility index (Phi) is 4.59. The minimum Gasteiger partial charge on any atom is -0.377 e. The quantitative estimate of drug-likeness (QED) is 0.714. The van der Waals surface area contributed by atoms with Gasteiger partial charge in [-0.3, -0.25) is 9.36 Å². The van der Waals surface area contributed by atoms with Crippen molar-refractivity contribution in [2.24, 2.45) is 0 Å². The van der Waals surface area contributed by atoms with E-state index in [9.17, 15) is 4.79 Å². The van der Waals surface area contributed by atoms with E-state index in [0.29, 0.717) is 18.5 Å². The third kappa shape index (κ3) is 3.35. The molecule has 0 saturated carbocycles. The van der Waals surface area contributed by atoms with Crippen molar-refractivity contribution < 1.29 is 4.74 Å². The maximum Gasteiger partial charge on any atom is 0.262 e. The molecular formula is C18H20N2O2S. The molecule has 2 aromatic heterocycles. The zero-order valence-corrected chi connectivity index (χ0v) is 14.4. The number of aromatic nitrogens is 2. The first-order chi connectivity index (χ1) is 11.1. The molecule has 0 unspecified atom stereocenters. The van der Waals surface area contributed by atoms with Crippen molar-refractivity contribution in [2.75, 3.05) is 6.61 Å². The molecule has 4 nitrogen and oxygen atoms in total. The zero-order chi connectivity index (χ0) is 16.4. The minimum absolute atomic E-state index is 0.000758. The molecule has 0 N–H and O–H groups in total. The third-order valence-corrected chi connectivity index (χ3v) is 4.59. The van der Waals surface area contributed by atoms with Crippen LogP contribution in [0.2, 0.25) is 0 Å². The van der Waals surface area contributed by atoms with Crippen LogP contribution in [0.25, 0.3) is 21.3 Å². The number of rotatable bonds is 5. The summed E-state index contributed by atoms with van der Waals surface area (Å²) in [7, 11) is 0. The van der Waals surface area contributed by atoms with Gasteiger partial charge in [0.1, 0.15) is 4.83 Å². The van der Waals surface area contributed by atoms with E-state index in [1.165, 1.54) is 16.9 Å². The SMILES string of the molecule is Cc1ccc(-c2csc3ncn(CCOC(C)C)c(=O)c23)cc1. The topological polar surface area (TPSA) is 44.1 Å². The fraction of sp³-hybridized carbons (Fsp3) is 0.333. The molecule has 0 atom stereocenters. The van der Waals surface area contributed by atoms with Gasteiger partial charge >= 0.3 is 0 Å². The maximum absolute atomic E-state index is 12.8. The van der Waals surface area contributed by atoms with Crippen LogP contribution >= 0.6 is 11.3 Å². The standard InChI is InChI=1S/C18H20N2O2S/c1-12(2)22-9-8-20-11-19-17-16(18(20)21)15(10-23-17)14-6-4-13(3)5-7-14/h4-7,10-12H,8-9H2,1-3H3. The van der Waals surface area contributed by atoms with Crippen LogP contribution < -0.4 is 5.56 Å². The van der Waals surface area contributed by atoms with Crippen molar-refractivity contribution in [3.63, 3.8) is 0 Å². The molecule has 2 heterocycles. The summed E-state index contributed by atoms with van der Waals surface area (Å²) in [6, 6.07) is 8.22. The number of nitrogens with zero attached hydrogens (tertiary/aromatic N) is 2. The van der Waals surface area contributed by atoms with Gasteiger partial charge in [-0.15, -0.1) is 11.3 Å². The molecule has 0 saturated heterocycles. The van der Waals surface area contributed by atoms with E-state index >= 15 is 0 Å². The number of ether oxygens (including phenoxy) is 1. The number of aryl methyl sites for hydroxylation is 1. The van der Waals surface area contributed by atoms with Gasteiger partial charge in [-0.25, -0.2) is 4.98 Å². The number of thiophene rings is 1. The lowest BCUT2D eigenvalue weighted by Gasteiger charge is -2.09. The Balaban J connectivity index is 2.00. The van der Waals surface area contributed by atoms with E-state index in [0.717, 1.165) is 16.0 Å². The monoisotopic (exact) mass is 328 g/mol. The average molecular weight is 328 g/mol. The van der Waals surface area contributed by atoms with Crippen LogP contribution in [0.3, 0.4) is 0 Å². The molecular weight excluding hydrogens is 308 g/mol. The first-order valence-corrected chi connectivity index (χ1v) is 8.59. The van der Waals surface area contributed by atoms with E-state index < -0.39 is 0 Å². The van der Waals surface area contributed by atoms with Crippen molar-refractivity contribution in [3.8, 4) is 11.1 Å². The second kappa shape index (κ2) is 6.64. The van der Waals surface area contributed by atoms with Crippen LogP contribution in [0.4, 0.5) is 0 Å². The van der Waals surface area contributed by atoms with Crippen LogP contribution in [0.5, 0.6) is 0 Å². The molecule has 5 heteroatoms. The van der Waals surface area contributed by atoms with Crippen molar-refractivity contribution in [3.05, 3.63) is 51.9 Å². The van der Waals surface area contributed by atoms with Gasteiger partial charge in [0.05, 0.1) is 31.0 Å². The van der Waals surface area contributed by atoms with Gasteiger partial charge in [0, 0.05) is 10.9 Å². The Morgan fingerprint density at radius 3 is 2.70 bits per heavy atom. The molecule has 120 valence electrons. The highest BCUT2D eigenvalue weighted by Crippen LogP contribution is 2.30. The summed E-state index contributed by atoms with van der Waals surface area (Å²) in [5.41, 5.74) is 3.22. The second-order valence-corrected chi connectivity index (χ2v) is 6.72. The average Bonchev–Trinajstić information content (AvgIpc) is 2.95. The predicted octanol–water partition coefficient (Wildman–Crippen LogP) is 3.86. The Bertz CT molecular complexity index is 863. The lowest BCUT2D eigenvalue weighted by Crippen LogP contribution is -2.23. The van der Waals surface area contributed by atoms with Crippen LogP contribution in [-0.4, -0.2) is 22.3 Å². The lowest BCUT2D eigenvalue weighted by atomic mass is 10.1. The van der Waals surface area contributed by atoms with E-state index in [2.05, 4.69) is 36.2 Å². The molecule has 3 rings (SSSR count). The second-order valence-electron chi connectivity index (χ2n) is 5.86. The van der Waals surface area contributed by atoms with Crippen molar-refractivity contribution in [2.45, 2.75) is 33.4 Å². The summed E-state index contributed by atoms with van der Waals surface area (Å²) in [5, 5.41) is 2.71. The Morgan fingerprint density at radius 2 is 2.00 bits per heavy atom. The Morgan fingerprint density at radius 1 is 1.26 bits per heavy atom. The first-order valence-electron chi connectivity index (χ1n) is 7.71. The van der Waals surface area contributed by atoms with Crippen LogP contribution in [0.1, 0.15) is 19.4 Å². The smallest absolute Gasteiger partial charge is 0.262 e. The highest BCUT2D eigenvalue weighted by Gasteiger charge is 2.13. The van der Waals surface area contributed by atoms with Gasteiger partial charge in [-0.2, -0.15) is 0 Å². The summed E-state index contributed by atoms with van der Waals surface area (Å²) in [5.74, 6) is 0. The number of hydrogen-bond acceptors (Lipinski definition) is 4. The maximum atomic E-state index is 12.8. The summed E-state index contributed by atoms with van der Waals surface area (Å²) < 4.78 is 7.17. The predicted molar refractivity (Wildman–Crippen MR) is 95.1 cm³/mol. The van der Waals surface area contributed by atoms with Crippen molar-refractivity contribution in [1.29, 1.82) is 0 Å². The fourth-order valence-corrected chi connectivity index (χ4v) is 3.37. The van der Waals surface area contributed by atoms with Crippen LogP contribution in [0, 0.1) is 6.92 Å². The lowest BCUT2D eigenvalue weighted by molar-refractivity contribution is 0.0722. The van der Waals surface area contributed by atoms with Crippen molar-refractivity contribution >= 4 is 21.6 Å². The van der Waals surface area contributed by atoms with Gasteiger partial charge < -0.3 is 4.74 Å².